The number of carbonyl (C=O) groups is 1. The zero-order valence-corrected chi connectivity index (χ0v) is 10.9. The molecule has 5 heteroatoms. The summed E-state index contributed by atoms with van der Waals surface area (Å²) in [5.41, 5.74) is 13.4. The SMILES string of the molecule is Nc1ccc(C(=O)NCCc2cccc(F)c2)c(N)c1. The third kappa shape index (κ3) is 3.47. The van der Waals surface area contributed by atoms with E-state index >= 15 is 0 Å². The average molecular weight is 273 g/mol. The molecule has 2 rings (SSSR count). The maximum absolute atomic E-state index is 13.0. The Morgan fingerprint density at radius 1 is 1.15 bits per heavy atom. The van der Waals surface area contributed by atoms with E-state index in [1.54, 1.807) is 24.3 Å². The Bertz CT molecular complexity index is 628. The first kappa shape index (κ1) is 13.9. The third-order valence-electron chi connectivity index (χ3n) is 2.91. The zero-order valence-electron chi connectivity index (χ0n) is 10.9. The molecule has 2 aromatic carbocycles. The number of hydrogen-bond donors (Lipinski definition) is 3. The van der Waals surface area contributed by atoms with Gasteiger partial charge in [0.25, 0.3) is 5.91 Å². The molecular formula is C15H16FN3O. The molecule has 0 atom stereocenters. The van der Waals surface area contributed by atoms with E-state index in [9.17, 15) is 9.18 Å². The molecule has 0 aliphatic carbocycles. The largest absolute Gasteiger partial charge is 0.399 e. The molecule has 1 amide bonds. The molecular weight excluding hydrogens is 257 g/mol. The number of nitrogens with two attached hydrogens (primary N) is 2. The van der Waals surface area contributed by atoms with Crippen molar-refractivity contribution >= 4 is 17.3 Å². The van der Waals surface area contributed by atoms with Gasteiger partial charge in [0, 0.05) is 17.9 Å². The number of carbonyl (C=O) groups excluding carboxylic acids is 1. The Balaban J connectivity index is 1.92. The van der Waals surface area contributed by atoms with E-state index in [4.69, 9.17) is 11.5 Å². The second-order valence-corrected chi connectivity index (χ2v) is 4.48. The van der Waals surface area contributed by atoms with Crippen LogP contribution in [0.25, 0.3) is 0 Å². The van der Waals surface area contributed by atoms with Crippen molar-refractivity contribution in [1.29, 1.82) is 0 Å². The molecule has 0 spiro atoms. The molecule has 0 aliphatic heterocycles. The van der Waals surface area contributed by atoms with Crippen molar-refractivity contribution in [2.24, 2.45) is 0 Å². The summed E-state index contributed by atoms with van der Waals surface area (Å²) >= 11 is 0. The van der Waals surface area contributed by atoms with Crippen LogP contribution < -0.4 is 16.8 Å². The summed E-state index contributed by atoms with van der Waals surface area (Å²) in [6.07, 6.45) is 0.554. The summed E-state index contributed by atoms with van der Waals surface area (Å²) < 4.78 is 13.0. The highest BCUT2D eigenvalue weighted by molar-refractivity contribution is 5.99. The minimum atomic E-state index is -0.281. The first-order valence-corrected chi connectivity index (χ1v) is 6.24. The Kier molecular flexibility index (Phi) is 4.20. The first-order valence-electron chi connectivity index (χ1n) is 6.24. The number of anilines is 2. The molecule has 0 aromatic heterocycles. The van der Waals surface area contributed by atoms with Crippen molar-refractivity contribution in [3.63, 3.8) is 0 Å². The lowest BCUT2D eigenvalue weighted by atomic mass is 10.1. The van der Waals surface area contributed by atoms with Crippen molar-refractivity contribution in [1.82, 2.24) is 5.32 Å². The number of nitrogen functional groups attached to an aromatic ring is 2. The number of hydrogen-bond acceptors (Lipinski definition) is 3. The van der Waals surface area contributed by atoms with E-state index in [-0.39, 0.29) is 11.7 Å². The van der Waals surface area contributed by atoms with Gasteiger partial charge in [0.05, 0.1) is 5.56 Å². The molecule has 2 aromatic rings. The lowest BCUT2D eigenvalue weighted by molar-refractivity contribution is 0.0955. The van der Waals surface area contributed by atoms with Crippen molar-refractivity contribution in [3.8, 4) is 0 Å². The molecule has 0 fully saturated rings. The number of rotatable bonds is 4. The minimum absolute atomic E-state index is 0.265. The Hall–Kier alpha value is -2.56. The lowest BCUT2D eigenvalue weighted by Crippen LogP contribution is -2.26. The molecule has 0 unspecified atom stereocenters. The average Bonchev–Trinajstić information content (AvgIpc) is 2.38. The fourth-order valence-corrected chi connectivity index (χ4v) is 1.90. The minimum Gasteiger partial charge on any atom is -0.399 e. The molecule has 0 saturated carbocycles. The van der Waals surface area contributed by atoms with Gasteiger partial charge in [0.2, 0.25) is 0 Å². The fourth-order valence-electron chi connectivity index (χ4n) is 1.90. The summed E-state index contributed by atoms with van der Waals surface area (Å²) in [6.45, 7) is 0.409. The van der Waals surface area contributed by atoms with Gasteiger partial charge in [-0.2, -0.15) is 0 Å². The lowest BCUT2D eigenvalue weighted by Gasteiger charge is -2.08. The van der Waals surface area contributed by atoms with Gasteiger partial charge in [-0.3, -0.25) is 4.79 Å². The maximum Gasteiger partial charge on any atom is 0.253 e. The highest BCUT2D eigenvalue weighted by atomic mass is 19.1. The van der Waals surface area contributed by atoms with Crippen LogP contribution in [0.4, 0.5) is 15.8 Å². The fraction of sp³-hybridized carbons (Fsp3) is 0.133. The van der Waals surface area contributed by atoms with E-state index < -0.39 is 0 Å². The third-order valence-corrected chi connectivity index (χ3v) is 2.91. The van der Waals surface area contributed by atoms with Gasteiger partial charge in [0.15, 0.2) is 0 Å². The molecule has 0 radical (unpaired) electrons. The second-order valence-electron chi connectivity index (χ2n) is 4.48. The topological polar surface area (TPSA) is 81.1 Å². The van der Waals surface area contributed by atoms with Crippen molar-refractivity contribution in [2.75, 3.05) is 18.0 Å². The maximum atomic E-state index is 13.0. The standard InChI is InChI=1S/C15H16FN3O/c16-11-3-1-2-10(8-11)6-7-19-15(20)13-5-4-12(17)9-14(13)18/h1-5,8-9H,6-7,17-18H2,(H,19,20). The Morgan fingerprint density at radius 2 is 1.95 bits per heavy atom. The molecule has 20 heavy (non-hydrogen) atoms. The number of halogens is 1. The number of benzene rings is 2. The van der Waals surface area contributed by atoms with E-state index in [0.29, 0.717) is 29.9 Å². The van der Waals surface area contributed by atoms with E-state index in [0.717, 1.165) is 5.56 Å². The normalized spacial score (nSPS) is 10.2. The van der Waals surface area contributed by atoms with Crippen LogP contribution in [0, 0.1) is 5.82 Å². The summed E-state index contributed by atoms with van der Waals surface area (Å²) in [5.74, 6) is -0.546. The molecule has 4 nitrogen and oxygen atoms in total. The van der Waals surface area contributed by atoms with Crippen molar-refractivity contribution in [2.45, 2.75) is 6.42 Å². The van der Waals surface area contributed by atoms with Crippen molar-refractivity contribution < 1.29 is 9.18 Å². The molecule has 0 aliphatic rings. The van der Waals surface area contributed by atoms with Gasteiger partial charge in [-0.1, -0.05) is 12.1 Å². The van der Waals surface area contributed by atoms with Gasteiger partial charge in [0.1, 0.15) is 5.82 Å². The van der Waals surface area contributed by atoms with Crippen LogP contribution in [-0.4, -0.2) is 12.5 Å². The summed E-state index contributed by atoms with van der Waals surface area (Å²) in [6, 6.07) is 11.0. The summed E-state index contributed by atoms with van der Waals surface area (Å²) in [4.78, 5) is 11.9. The molecule has 0 bridgehead atoms. The highest BCUT2D eigenvalue weighted by Crippen LogP contribution is 2.15. The van der Waals surface area contributed by atoms with Crippen LogP contribution >= 0.6 is 0 Å². The molecule has 0 heterocycles. The zero-order chi connectivity index (χ0) is 14.5. The Labute approximate surface area is 116 Å². The van der Waals surface area contributed by atoms with Gasteiger partial charge in [-0.15, -0.1) is 0 Å². The quantitative estimate of drug-likeness (QED) is 0.745. The first-order chi connectivity index (χ1) is 9.56. The monoisotopic (exact) mass is 273 g/mol. The van der Waals surface area contributed by atoms with Crippen LogP contribution in [0.2, 0.25) is 0 Å². The summed E-state index contributed by atoms with van der Waals surface area (Å²) in [5, 5.41) is 2.74. The van der Waals surface area contributed by atoms with Gasteiger partial charge in [-0.25, -0.2) is 4.39 Å². The van der Waals surface area contributed by atoms with Crippen molar-refractivity contribution in [3.05, 3.63) is 59.4 Å². The van der Waals surface area contributed by atoms with E-state index in [1.165, 1.54) is 12.1 Å². The Morgan fingerprint density at radius 3 is 2.65 bits per heavy atom. The molecule has 0 saturated heterocycles. The van der Waals surface area contributed by atoms with Crippen LogP contribution in [0.3, 0.4) is 0 Å². The predicted molar refractivity (Wildman–Crippen MR) is 77.7 cm³/mol. The van der Waals surface area contributed by atoms with Gasteiger partial charge in [-0.05, 0) is 42.3 Å². The van der Waals surface area contributed by atoms with E-state index in [1.807, 2.05) is 6.07 Å². The number of nitrogens with one attached hydrogen (secondary N) is 1. The summed E-state index contributed by atoms with van der Waals surface area (Å²) in [7, 11) is 0. The van der Waals surface area contributed by atoms with Gasteiger partial charge >= 0.3 is 0 Å². The second kappa shape index (κ2) is 6.06. The molecule has 5 N–H and O–H groups in total. The smallest absolute Gasteiger partial charge is 0.253 e. The van der Waals surface area contributed by atoms with Crippen LogP contribution in [0.5, 0.6) is 0 Å². The van der Waals surface area contributed by atoms with Crippen LogP contribution in [0.1, 0.15) is 15.9 Å². The van der Waals surface area contributed by atoms with Gasteiger partial charge < -0.3 is 16.8 Å². The number of amides is 1. The van der Waals surface area contributed by atoms with Crippen LogP contribution in [0.15, 0.2) is 42.5 Å². The predicted octanol–water partition coefficient (Wildman–Crippen LogP) is 1.96. The van der Waals surface area contributed by atoms with E-state index in [2.05, 4.69) is 5.32 Å². The molecule has 104 valence electrons. The van der Waals surface area contributed by atoms with Crippen LogP contribution in [-0.2, 0) is 6.42 Å². The highest BCUT2D eigenvalue weighted by Gasteiger charge is 2.09.